The molecule has 0 aliphatic rings. The number of rotatable bonds is 3. The Hall–Kier alpha value is -1.19. The fraction of sp³-hybridized carbons (Fsp3) is 0.364. The SMILES string of the molecule is O=C(CC(O)(C(F)(F)F)C(F)(F)F)Nc1cccc(Cl)c1Cl. The molecular weight excluding hydrogens is 363 g/mol. The lowest BCUT2D eigenvalue weighted by atomic mass is 9.97. The van der Waals surface area contributed by atoms with Crippen LogP contribution in [0, 0.1) is 0 Å². The lowest BCUT2D eigenvalue weighted by Gasteiger charge is -2.31. The molecule has 22 heavy (non-hydrogen) atoms. The Morgan fingerprint density at radius 3 is 2.05 bits per heavy atom. The van der Waals surface area contributed by atoms with Crippen LogP contribution in [0.25, 0.3) is 0 Å². The third-order valence-electron chi connectivity index (χ3n) is 2.58. The van der Waals surface area contributed by atoms with E-state index in [0.717, 1.165) is 6.07 Å². The maximum atomic E-state index is 12.4. The quantitative estimate of drug-likeness (QED) is 0.785. The van der Waals surface area contributed by atoms with Crippen molar-refractivity contribution in [3.8, 4) is 0 Å². The summed E-state index contributed by atoms with van der Waals surface area (Å²) in [5.74, 6) is -1.73. The van der Waals surface area contributed by atoms with E-state index in [1.165, 1.54) is 12.1 Å². The van der Waals surface area contributed by atoms with Crippen molar-refractivity contribution in [1.29, 1.82) is 0 Å². The second-order valence-electron chi connectivity index (χ2n) is 4.18. The summed E-state index contributed by atoms with van der Waals surface area (Å²) < 4.78 is 74.7. The lowest BCUT2D eigenvalue weighted by molar-refractivity contribution is -0.366. The van der Waals surface area contributed by atoms with E-state index in [1.54, 1.807) is 5.32 Å². The molecule has 1 amide bonds. The van der Waals surface area contributed by atoms with Gasteiger partial charge in [-0.05, 0) is 12.1 Å². The molecule has 1 rings (SSSR count). The third-order valence-corrected chi connectivity index (χ3v) is 3.40. The van der Waals surface area contributed by atoms with Gasteiger partial charge in [0.1, 0.15) is 0 Å². The summed E-state index contributed by atoms with van der Waals surface area (Å²) in [6, 6.07) is 3.68. The van der Waals surface area contributed by atoms with Gasteiger partial charge in [0.2, 0.25) is 5.91 Å². The molecule has 3 nitrogen and oxygen atoms in total. The first-order chi connectivity index (χ1) is 9.79. The van der Waals surface area contributed by atoms with Crippen molar-refractivity contribution in [2.45, 2.75) is 24.4 Å². The first-order valence-electron chi connectivity index (χ1n) is 5.39. The van der Waals surface area contributed by atoms with E-state index in [9.17, 15) is 31.1 Å². The summed E-state index contributed by atoms with van der Waals surface area (Å²) >= 11 is 11.2. The predicted molar refractivity (Wildman–Crippen MR) is 66.8 cm³/mol. The van der Waals surface area contributed by atoms with Crippen molar-refractivity contribution < 1.29 is 36.2 Å². The molecule has 2 N–H and O–H groups in total. The number of hydrogen-bond acceptors (Lipinski definition) is 2. The van der Waals surface area contributed by atoms with Gasteiger partial charge in [-0.25, -0.2) is 0 Å². The fourth-order valence-electron chi connectivity index (χ4n) is 1.39. The van der Waals surface area contributed by atoms with E-state index < -0.39 is 30.3 Å². The first-order valence-corrected chi connectivity index (χ1v) is 6.15. The fourth-order valence-corrected chi connectivity index (χ4v) is 1.74. The van der Waals surface area contributed by atoms with Gasteiger partial charge in [0.25, 0.3) is 5.60 Å². The highest BCUT2D eigenvalue weighted by molar-refractivity contribution is 6.43. The Morgan fingerprint density at radius 1 is 1.09 bits per heavy atom. The van der Waals surface area contributed by atoms with Gasteiger partial charge in [-0.1, -0.05) is 29.3 Å². The second kappa shape index (κ2) is 6.13. The molecule has 0 aliphatic carbocycles. The zero-order valence-electron chi connectivity index (χ0n) is 10.3. The minimum Gasteiger partial charge on any atom is -0.373 e. The zero-order chi connectivity index (χ0) is 17.3. The van der Waals surface area contributed by atoms with E-state index in [0.29, 0.717) is 0 Å². The maximum Gasteiger partial charge on any atom is 0.426 e. The molecule has 11 heteroatoms. The molecule has 124 valence electrons. The number of anilines is 1. The smallest absolute Gasteiger partial charge is 0.373 e. The molecule has 0 heterocycles. The summed E-state index contributed by atoms with van der Waals surface area (Å²) in [5, 5.41) is 10.3. The predicted octanol–water partition coefficient (Wildman–Crippen LogP) is 4.18. The van der Waals surface area contributed by atoms with E-state index in [4.69, 9.17) is 28.3 Å². The number of halogens is 8. The molecule has 0 aromatic heterocycles. The van der Waals surface area contributed by atoms with Crippen LogP contribution in [0.2, 0.25) is 10.0 Å². The van der Waals surface area contributed by atoms with E-state index in [1.807, 2.05) is 0 Å². The van der Waals surface area contributed by atoms with Crippen LogP contribution in [0.15, 0.2) is 18.2 Å². The van der Waals surface area contributed by atoms with Crippen LogP contribution in [0.4, 0.5) is 32.0 Å². The normalized spacial score (nSPS) is 13.1. The van der Waals surface area contributed by atoms with Crippen LogP contribution in [0.1, 0.15) is 6.42 Å². The summed E-state index contributed by atoms with van der Waals surface area (Å²) in [7, 11) is 0. The first kappa shape index (κ1) is 18.9. The van der Waals surface area contributed by atoms with Gasteiger partial charge in [-0.15, -0.1) is 0 Å². The van der Waals surface area contributed by atoms with Crippen molar-refractivity contribution in [2.75, 3.05) is 5.32 Å². The van der Waals surface area contributed by atoms with Crippen LogP contribution < -0.4 is 5.32 Å². The van der Waals surface area contributed by atoms with Crippen LogP contribution in [0.5, 0.6) is 0 Å². The zero-order valence-corrected chi connectivity index (χ0v) is 11.8. The average molecular weight is 370 g/mol. The number of hydrogen-bond donors (Lipinski definition) is 2. The molecule has 0 spiro atoms. The van der Waals surface area contributed by atoms with Crippen molar-refractivity contribution in [1.82, 2.24) is 0 Å². The molecule has 0 unspecified atom stereocenters. The van der Waals surface area contributed by atoms with Crippen LogP contribution >= 0.6 is 23.2 Å². The van der Waals surface area contributed by atoms with E-state index >= 15 is 0 Å². The molecule has 1 aromatic rings. The molecule has 0 bridgehead atoms. The Bertz CT molecular complexity index is 559. The Morgan fingerprint density at radius 2 is 1.59 bits per heavy atom. The Kier molecular flexibility index (Phi) is 5.26. The highest BCUT2D eigenvalue weighted by atomic mass is 35.5. The lowest BCUT2D eigenvalue weighted by Crippen LogP contribution is -2.58. The number of alkyl halides is 6. The van der Waals surface area contributed by atoms with Crippen LogP contribution in [-0.4, -0.2) is 29.0 Å². The number of carbonyl (C=O) groups excluding carboxylic acids is 1. The Balaban J connectivity index is 3.01. The minimum absolute atomic E-state index is 0.0682. The van der Waals surface area contributed by atoms with Gasteiger partial charge < -0.3 is 10.4 Å². The van der Waals surface area contributed by atoms with Gasteiger partial charge in [0.15, 0.2) is 0 Å². The topological polar surface area (TPSA) is 49.3 Å². The van der Waals surface area contributed by atoms with E-state index in [2.05, 4.69) is 0 Å². The summed E-state index contributed by atoms with van der Waals surface area (Å²) in [5.41, 5.74) is -5.46. The van der Waals surface area contributed by atoms with Crippen molar-refractivity contribution in [2.24, 2.45) is 0 Å². The maximum absolute atomic E-state index is 12.4. The third kappa shape index (κ3) is 3.76. The highest BCUT2D eigenvalue weighted by Gasteiger charge is 2.71. The summed E-state index contributed by atoms with van der Waals surface area (Å²) in [6.45, 7) is 0. The summed E-state index contributed by atoms with van der Waals surface area (Å²) in [6.07, 6.45) is -14.4. The Labute approximate surface area is 129 Å². The number of amides is 1. The molecule has 0 saturated heterocycles. The van der Waals surface area contributed by atoms with Crippen LogP contribution in [0.3, 0.4) is 0 Å². The molecule has 1 aromatic carbocycles. The van der Waals surface area contributed by atoms with Gasteiger partial charge in [-0.3, -0.25) is 4.79 Å². The largest absolute Gasteiger partial charge is 0.426 e. The monoisotopic (exact) mass is 369 g/mol. The standard InChI is InChI=1S/C11H7Cl2F6NO2/c12-5-2-1-3-6(8(5)13)20-7(21)4-9(22,10(14,15)16)11(17,18)19/h1-3,22H,4H2,(H,20,21). The van der Waals surface area contributed by atoms with E-state index in [-0.39, 0.29) is 15.7 Å². The molecule has 0 atom stereocenters. The molecule has 0 saturated carbocycles. The highest BCUT2D eigenvalue weighted by Crippen LogP contribution is 2.45. The van der Waals surface area contributed by atoms with Crippen molar-refractivity contribution in [3.63, 3.8) is 0 Å². The minimum atomic E-state index is -6.08. The number of carbonyl (C=O) groups is 1. The number of nitrogens with one attached hydrogen (secondary N) is 1. The molecular formula is C11H7Cl2F6NO2. The molecule has 0 aliphatic heterocycles. The van der Waals surface area contributed by atoms with Gasteiger partial charge in [0.05, 0.1) is 22.2 Å². The molecule has 0 fully saturated rings. The number of benzene rings is 1. The van der Waals surface area contributed by atoms with Crippen molar-refractivity contribution >= 4 is 34.8 Å². The molecule has 0 radical (unpaired) electrons. The van der Waals surface area contributed by atoms with Crippen molar-refractivity contribution in [3.05, 3.63) is 28.2 Å². The number of aliphatic hydroxyl groups is 1. The van der Waals surface area contributed by atoms with Crippen LogP contribution in [-0.2, 0) is 4.79 Å². The second-order valence-corrected chi connectivity index (χ2v) is 4.97. The average Bonchev–Trinajstić information content (AvgIpc) is 2.32. The van der Waals surface area contributed by atoms with Gasteiger partial charge in [0, 0.05) is 0 Å². The van der Waals surface area contributed by atoms with Gasteiger partial charge in [-0.2, -0.15) is 26.3 Å². The summed E-state index contributed by atoms with van der Waals surface area (Å²) in [4.78, 5) is 11.4. The van der Waals surface area contributed by atoms with Gasteiger partial charge >= 0.3 is 12.4 Å².